The fourth-order valence-electron chi connectivity index (χ4n) is 4.58. The lowest BCUT2D eigenvalue weighted by atomic mass is 9.84. The maximum absolute atomic E-state index is 12.8. The molecule has 0 saturated carbocycles. The largest absolute Gasteiger partial charge is 0.388 e. The summed E-state index contributed by atoms with van der Waals surface area (Å²) in [6.45, 7) is 4.87. The van der Waals surface area contributed by atoms with E-state index in [1.807, 2.05) is 72.5 Å². The van der Waals surface area contributed by atoms with Gasteiger partial charge in [0.05, 0.1) is 23.7 Å². The molecule has 2 atom stereocenters. The second-order valence-electron chi connectivity index (χ2n) is 9.06. The minimum absolute atomic E-state index is 0.104. The van der Waals surface area contributed by atoms with Crippen molar-refractivity contribution < 1.29 is 9.90 Å². The highest BCUT2D eigenvalue weighted by atomic mass is 16.3. The molecule has 1 N–H and O–H groups in total. The third-order valence-corrected chi connectivity index (χ3v) is 6.93. The van der Waals surface area contributed by atoms with Gasteiger partial charge < -0.3 is 10.0 Å². The Kier molecular flexibility index (Phi) is 6.75. The van der Waals surface area contributed by atoms with Crippen LogP contribution in [0.1, 0.15) is 50.6 Å². The van der Waals surface area contributed by atoms with Gasteiger partial charge in [-0.3, -0.25) is 14.2 Å². The van der Waals surface area contributed by atoms with Gasteiger partial charge in [0.2, 0.25) is 5.91 Å². The summed E-state index contributed by atoms with van der Waals surface area (Å²) in [4.78, 5) is 31.9. The molecule has 1 amide bonds. The van der Waals surface area contributed by atoms with Crippen LogP contribution in [0.15, 0.2) is 77.9 Å². The lowest BCUT2D eigenvalue weighted by molar-refractivity contribution is -0.137. The molecule has 2 aromatic carbocycles. The van der Waals surface area contributed by atoms with Crippen molar-refractivity contribution >= 4 is 5.91 Å². The van der Waals surface area contributed by atoms with Crippen molar-refractivity contribution in [1.82, 2.24) is 14.5 Å². The van der Waals surface area contributed by atoms with E-state index >= 15 is 0 Å². The van der Waals surface area contributed by atoms with Gasteiger partial charge in [0.15, 0.2) is 0 Å². The summed E-state index contributed by atoms with van der Waals surface area (Å²) >= 11 is 0. The van der Waals surface area contributed by atoms with E-state index < -0.39 is 11.6 Å². The first-order valence-corrected chi connectivity index (χ1v) is 11.6. The van der Waals surface area contributed by atoms with Crippen molar-refractivity contribution in [3.8, 4) is 11.3 Å². The van der Waals surface area contributed by atoms with Gasteiger partial charge in [0, 0.05) is 31.1 Å². The SMILES string of the molecule is CC(CC(=O)N1CCC(O)(C(C)n2cnc(-c3ccccc3)cc2=O)CC1)c1ccccc1. The van der Waals surface area contributed by atoms with E-state index in [0.717, 1.165) is 11.1 Å². The Morgan fingerprint density at radius 2 is 1.64 bits per heavy atom. The maximum Gasteiger partial charge on any atom is 0.254 e. The van der Waals surface area contributed by atoms with Crippen LogP contribution in [0.25, 0.3) is 11.3 Å². The zero-order valence-electron chi connectivity index (χ0n) is 19.2. The lowest BCUT2D eigenvalue weighted by Crippen LogP contribution is -2.51. The first kappa shape index (κ1) is 22.9. The molecule has 2 heterocycles. The molecule has 1 saturated heterocycles. The van der Waals surface area contributed by atoms with Crippen molar-refractivity contribution in [2.24, 2.45) is 0 Å². The number of aliphatic hydroxyl groups is 1. The number of carbonyl (C=O) groups is 1. The molecule has 1 aromatic heterocycles. The quantitative estimate of drug-likeness (QED) is 0.622. The fraction of sp³-hybridized carbons (Fsp3) is 0.370. The topological polar surface area (TPSA) is 75.4 Å². The molecule has 4 rings (SSSR count). The van der Waals surface area contributed by atoms with E-state index in [-0.39, 0.29) is 17.4 Å². The first-order chi connectivity index (χ1) is 15.9. The Labute approximate surface area is 194 Å². The normalized spacial score (nSPS) is 17.4. The Morgan fingerprint density at radius 1 is 1.03 bits per heavy atom. The van der Waals surface area contributed by atoms with Gasteiger partial charge in [-0.2, -0.15) is 0 Å². The molecule has 1 aliphatic heterocycles. The van der Waals surface area contributed by atoms with Crippen LogP contribution in [-0.4, -0.2) is 44.2 Å². The number of amides is 1. The fourth-order valence-corrected chi connectivity index (χ4v) is 4.58. The standard InChI is InChI=1S/C27H31N3O3/c1-20(22-9-5-3-6-10-22)17-25(31)29-15-13-27(33,14-16-29)21(2)30-19-28-24(18-26(30)32)23-11-7-4-8-12-23/h3-12,18-21,33H,13-17H2,1-2H3. The van der Waals surface area contributed by atoms with Crippen LogP contribution in [-0.2, 0) is 4.79 Å². The lowest BCUT2D eigenvalue weighted by Gasteiger charge is -2.42. The number of piperidine rings is 1. The Balaban J connectivity index is 1.40. The third-order valence-electron chi connectivity index (χ3n) is 6.93. The van der Waals surface area contributed by atoms with E-state index in [1.54, 1.807) is 0 Å². The molecule has 0 aliphatic carbocycles. The smallest absolute Gasteiger partial charge is 0.254 e. The summed E-state index contributed by atoms with van der Waals surface area (Å²) in [6.07, 6.45) is 2.81. The maximum atomic E-state index is 12.8. The van der Waals surface area contributed by atoms with Crippen molar-refractivity contribution in [3.05, 3.63) is 89.0 Å². The van der Waals surface area contributed by atoms with Gasteiger partial charge in [0.1, 0.15) is 0 Å². The Bertz CT molecular complexity index is 1140. The number of rotatable bonds is 6. The second-order valence-corrected chi connectivity index (χ2v) is 9.06. The van der Waals surface area contributed by atoms with Crippen LogP contribution in [0.2, 0.25) is 0 Å². The second kappa shape index (κ2) is 9.71. The van der Waals surface area contributed by atoms with E-state index in [4.69, 9.17) is 0 Å². The highest BCUT2D eigenvalue weighted by Crippen LogP contribution is 2.33. The van der Waals surface area contributed by atoms with E-state index in [9.17, 15) is 14.7 Å². The minimum Gasteiger partial charge on any atom is -0.388 e. The summed E-state index contributed by atoms with van der Waals surface area (Å²) in [7, 11) is 0. The summed E-state index contributed by atoms with van der Waals surface area (Å²) in [5.41, 5.74) is 1.38. The minimum atomic E-state index is -1.07. The predicted molar refractivity (Wildman–Crippen MR) is 129 cm³/mol. The number of benzene rings is 2. The molecule has 172 valence electrons. The van der Waals surface area contributed by atoms with E-state index in [1.165, 1.54) is 17.0 Å². The number of hydrogen-bond donors (Lipinski definition) is 1. The van der Waals surface area contributed by atoms with E-state index in [2.05, 4.69) is 11.9 Å². The van der Waals surface area contributed by atoms with Gasteiger partial charge in [-0.15, -0.1) is 0 Å². The van der Waals surface area contributed by atoms with Crippen molar-refractivity contribution in [2.45, 2.75) is 50.7 Å². The molecule has 33 heavy (non-hydrogen) atoms. The van der Waals surface area contributed by atoms with Crippen LogP contribution in [0, 0.1) is 0 Å². The van der Waals surface area contributed by atoms with Crippen LogP contribution in [0.5, 0.6) is 0 Å². The van der Waals surface area contributed by atoms with Gasteiger partial charge in [0.25, 0.3) is 5.56 Å². The van der Waals surface area contributed by atoms with Crippen molar-refractivity contribution in [1.29, 1.82) is 0 Å². The summed E-state index contributed by atoms with van der Waals surface area (Å²) in [6, 6.07) is 20.7. The summed E-state index contributed by atoms with van der Waals surface area (Å²) in [5, 5.41) is 11.3. The van der Waals surface area contributed by atoms with Crippen molar-refractivity contribution in [3.63, 3.8) is 0 Å². The van der Waals surface area contributed by atoms with Crippen LogP contribution in [0.3, 0.4) is 0 Å². The monoisotopic (exact) mass is 445 g/mol. The summed E-state index contributed by atoms with van der Waals surface area (Å²) < 4.78 is 1.50. The molecule has 0 radical (unpaired) electrons. The average molecular weight is 446 g/mol. The molecule has 0 spiro atoms. The van der Waals surface area contributed by atoms with Crippen LogP contribution < -0.4 is 5.56 Å². The molecule has 3 aromatic rings. The zero-order chi connectivity index (χ0) is 23.4. The van der Waals surface area contributed by atoms with Crippen LogP contribution in [0.4, 0.5) is 0 Å². The molecule has 1 aliphatic rings. The molecular formula is C27H31N3O3. The number of nitrogens with zero attached hydrogens (tertiary/aromatic N) is 3. The van der Waals surface area contributed by atoms with Gasteiger partial charge in [-0.25, -0.2) is 4.98 Å². The van der Waals surface area contributed by atoms with Gasteiger partial charge >= 0.3 is 0 Å². The van der Waals surface area contributed by atoms with Crippen LogP contribution >= 0.6 is 0 Å². The average Bonchev–Trinajstić information content (AvgIpc) is 2.85. The highest BCUT2D eigenvalue weighted by molar-refractivity contribution is 5.77. The number of hydrogen-bond acceptors (Lipinski definition) is 4. The number of carbonyl (C=O) groups excluding carboxylic acids is 1. The predicted octanol–water partition coefficient (Wildman–Crippen LogP) is 4.02. The molecular weight excluding hydrogens is 414 g/mol. The molecule has 0 bridgehead atoms. The zero-order valence-corrected chi connectivity index (χ0v) is 19.2. The third kappa shape index (κ3) is 5.06. The molecule has 6 nitrogen and oxygen atoms in total. The van der Waals surface area contributed by atoms with Crippen molar-refractivity contribution in [2.75, 3.05) is 13.1 Å². The Hall–Kier alpha value is -3.25. The van der Waals surface area contributed by atoms with Gasteiger partial charge in [-0.1, -0.05) is 67.6 Å². The molecule has 1 fully saturated rings. The highest BCUT2D eigenvalue weighted by Gasteiger charge is 2.40. The number of likely N-dealkylation sites (tertiary alicyclic amines) is 1. The summed E-state index contributed by atoms with van der Waals surface area (Å²) in [5.74, 6) is 0.248. The first-order valence-electron chi connectivity index (χ1n) is 11.6. The molecule has 6 heteroatoms. The molecule has 2 unspecified atom stereocenters. The number of aromatic nitrogens is 2. The van der Waals surface area contributed by atoms with Gasteiger partial charge in [-0.05, 0) is 31.2 Å². The Morgan fingerprint density at radius 3 is 2.24 bits per heavy atom. The van der Waals surface area contributed by atoms with E-state index in [0.29, 0.717) is 38.0 Å².